The summed E-state index contributed by atoms with van der Waals surface area (Å²) in [5, 5.41) is 0. The second-order valence-corrected chi connectivity index (χ2v) is 5.62. The van der Waals surface area contributed by atoms with Crippen LogP contribution in [0.2, 0.25) is 0 Å². The molecule has 1 aliphatic carbocycles. The van der Waals surface area contributed by atoms with Crippen molar-refractivity contribution in [1.82, 2.24) is 9.97 Å². The summed E-state index contributed by atoms with van der Waals surface area (Å²) in [5.74, 6) is 1.49. The molecule has 0 spiro atoms. The van der Waals surface area contributed by atoms with Crippen molar-refractivity contribution in [2.75, 3.05) is 0 Å². The average molecular weight is 284 g/mol. The normalized spacial score (nSPS) is 21.9. The van der Waals surface area contributed by atoms with Gasteiger partial charge in [0.1, 0.15) is 12.4 Å². The zero-order chi connectivity index (χ0) is 14.5. The molecule has 0 saturated heterocycles. The number of aromatic amines is 1. The Balaban J connectivity index is 1.47. The summed E-state index contributed by atoms with van der Waals surface area (Å²) in [6.45, 7) is 0.373. The fraction of sp³-hybridized carbons (Fsp3) is 0.412. The van der Waals surface area contributed by atoms with Crippen LogP contribution in [0.1, 0.15) is 43.0 Å². The van der Waals surface area contributed by atoms with Gasteiger partial charge in [-0.25, -0.2) is 4.98 Å². The summed E-state index contributed by atoms with van der Waals surface area (Å²) in [4.78, 5) is 19.6. The van der Waals surface area contributed by atoms with Crippen LogP contribution in [0.4, 0.5) is 0 Å². The van der Waals surface area contributed by atoms with Crippen LogP contribution in [-0.2, 0) is 16.1 Å². The number of carbonyl (C=O) groups is 1. The number of hydrogen-bond donors (Lipinski definition) is 1. The molecule has 1 N–H and O–H groups in total. The Morgan fingerprint density at radius 3 is 2.62 bits per heavy atom. The molecule has 21 heavy (non-hydrogen) atoms. The average Bonchev–Trinajstić information content (AvgIpc) is 3.08. The molecule has 1 aromatic carbocycles. The highest BCUT2D eigenvalue weighted by atomic mass is 16.5. The molecule has 4 heteroatoms. The van der Waals surface area contributed by atoms with E-state index in [4.69, 9.17) is 4.74 Å². The van der Waals surface area contributed by atoms with Crippen LogP contribution < -0.4 is 0 Å². The second kappa shape index (κ2) is 6.57. The number of esters is 1. The van der Waals surface area contributed by atoms with Crippen molar-refractivity contribution in [2.24, 2.45) is 5.92 Å². The van der Waals surface area contributed by atoms with E-state index in [2.05, 4.69) is 9.97 Å². The van der Waals surface area contributed by atoms with Crippen molar-refractivity contribution in [3.05, 3.63) is 54.1 Å². The molecular weight excluding hydrogens is 264 g/mol. The molecule has 0 atom stereocenters. The lowest BCUT2D eigenvalue weighted by molar-refractivity contribution is -0.151. The fourth-order valence-corrected chi connectivity index (χ4v) is 2.95. The van der Waals surface area contributed by atoms with Gasteiger partial charge >= 0.3 is 5.97 Å². The Hall–Kier alpha value is -2.10. The molecule has 0 amide bonds. The van der Waals surface area contributed by atoms with E-state index in [9.17, 15) is 4.79 Å². The highest BCUT2D eigenvalue weighted by Crippen LogP contribution is 2.34. The maximum absolute atomic E-state index is 12.1. The number of rotatable bonds is 4. The van der Waals surface area contributed by atoms with Crippen molar-refractivity contribution in [1.29, 1.82) is 0 Å². The number of H-pyrrole nitrogens is 1. The van der Waals surface area contributed by atoms with Gasteiger partial charge in [-0.15, -0.1) is 0 Å². The second-order valence-electron chi connectivity index (χ2n) is 5.62. The number of benzene rings is 1. The first-order valence-electron chi connectivity index (χ1n) is 7.53. The van der Waals surface area contributed by atoms with E-state index in [1.165, 1.54) is 0 Å². The molecule has 1 heterocycles. The van der Waals surface area contributed by atoms with Crippen LogP contribution in [0.3, 0.4) is 0 Å². The van der Waals surface area contributed by atoms with E-state index in [0.29, 0.717) is 12.5 Å². The predicted octanol–water partition coefficient (Wildman–Crippen LogP) is 3.43. The van der Waals surface area contributed by atoms with E-state index in [-0.39, 0.29) is 11.9 Å². The Morgan fingerprint density at radius 1 is 1.19 bits per heavy atom. The molecule has 1 fully saturated rings. The number of imidazole rings is 1. The third-order valence-corrected chi connectivity index (χ3v) is 4.19. The molecule has 1 aromatic heterocycles. The lowest BCUT2D eigenvalue weighted by Crippen LogP contribution is -2.23. The van der Waals surface area contributed by atoms with Crippen LogP contribution in [0.15, 0.2) is 42.7 Å². The van der Waals surface area contributed by atoms with Gasteiger partial charge in [-0.3, -0.25) is 4.79 Å². The summed E-state index contributed by atoms with van der Waals surface area (Å²) in [5.41, 5.74) is 1.04. The highest BCUT2D eigenvalue weighted by Gasteiger charge is 2.29. The van der Waals surface area contributed by atoms with Crippen molar-refractivity contribution in [2.45, 2.75) is 38.2 Å². The van der Waals surface area contributed by atoms with Gasteiger partial charge in [-0.2, -0.15) is 0 Å². The van der Waals surface area contributed by atoms with Crippen molar-refractivity contribution < 1.29 is 9.53 Å². The largest absolute Gasteiger partial charge is 0.461 e. The van der Waals surface area contributed by atoms with Crippen LogP contribution in [0, 0.1) is 5.92 Å². The topological polar surface area (TPSA) is 55.0 Å². The van der Waals surface area contributed by atoms with Crippen molar-refractivity contribution in [3.63, 3.8) is 0 Å². The fourth-order valence-electron chi connectivity index (χ4n) is 2.95. The Bertz CT molecular complexity index is 558. The van der Waals surface area contributed by atoms with Gasteiger partial charge in [0.25, 0.3) is 0 Å². The third kappa shape index (κ3) is 3.51. The van der Waals surface area contributed by atoms with Gasteiger partial charge < -0.3 is 9.72 Å². The SMILES string of the molecule is O=C(OCc1ccccc1)C1CCC(c2ncc[nH]2)CC1. The zero-order valence-corrected chi connectivity index (χ0v) is 12.0. The molecule has 110 valence electrons. The van der Waals surface area contributed by atoms with Crippen LogP contribution in [0.25, 0.3) is 0 Å². The van der Waals surface area contributed by atoms with Gasteiger partial charge in [0.2, 0.25) is 0 Å². The third-order valence-electron chi connectivity index (χ3n) is 4.19. The van der Waals surface area contributed by atoms with Gasteiger partial charge in [0.15, 0.2) is 0 Å². The Kier molecular flexibility index (Phi) is 4.34. The van der Waals surface area contributed by atoms with E-state index in [0.717, 1.165) is 37.1 Å². The van der Waals surface area contributed by atoms with E-state index in [1.807, 2.05) is 36.5 Å². The molecule has 0 radical (unpaired) electrons. The van der Waals surface area contributed by atoms with E-state index in [1.54, 1.807) is 6.20 Å². The molecule has 1 saturated carbocycles. The molecule has 1 aliphatic rings. The number of carbonyl (C=O) groups excluding carboxylic acids is 1. The number of nitrogens with zero attached hydrogens (tertiary/aromatic N) is 1. The first-order valence-corrected chi connectivity index (χ1v) is 7.53. The maximum Gasteiger partial charge on any atom is 0.309 e. The van der Waals surface area contributed by atoms with Crippen LogP contribution in [-0.4, -0.2) is 15.9 Å². The zero-order valence-electron chi connectivity index (χ0n) is 12.0. The number of nitrogens with one attached hydrogen (secondary N) is 1. The highest BCUT2D eigenvalue weighted by molar-refractivity contribution is 5.72. The van der Waals surface area contributed by atoms with Crippen molar-refractivity contribution >= 4 is 5.97 Å². The molecular formula is C17H20N2O2. The molecule has 3 rings (SSSR count). The molecule has 0 bridgehead atoms. The number of aromatic nitrogens is 2. The van der Waals surface area contributed by atoms with Gasteiger partial charge in [-0.1, -0.05) is 30.3 Å². The Morgan fingerprint density at radius 2 is 1.95 bits per heavy atom. The van der Waals surface area contributed by atoms with E-state index < -0.39 is 0 Å². The summed E-state index contributed by atoms with van der Waals surface area (Å²) >= 11 is 0. The quantitative estimate of drug-likeness (QED) is 0.875. The number of ether oxygens (including phenoxy) is 1. The molecule has 0 unspecified atom stereocenters. The summed E-state index contributed by atoms with van der Waals surface area (Å²) in [6, 6.07) is 9.82. The van der Waals surface area contributed by atoms with Gasteiger partial charge in [-0.05, 0) is 31.2 Å². The smallest absolute Gasteiger partial charge is 0.309 e. The monoisotopic (exact) mass is 284 g/mol. The molecule has 4 nitrogen and oxygen atoms in total. The van der Waals surface area contributed by atoms with E-state index >= 15 is 0 Å². The van der Waals surface area contributed by atoms with Gasteiger partial charge in [0.05, 0.1) is 5.92 Å². The summed E-state index contributed by atoms with van der Waals surface area (Å²) in [6.07, 6.45) is 7.42. The molecule has 2 aromatic rings. The standard InChI is InChI=1S/C17H20N2O2/c20-17(21-12-13-4-2-1-3-5-13)15-8-6-14(7-9-15)16-18-10-11-19-16/h1-5,10-11,14-15H,6-9,12H2,(H,18,19). The van der Waals surface area contributed by atoms with Crippen molar-refractivity contribution in [3.8, 4) is 0 Å². The summed E-state index contributed by atoms with van der Waals surface area (Å²) in [7, 11) is 0. The first-order chi connectivity index (χ1) is 10.3. The predicted molar refractivity (Wildman–Crippen MR) is 79.5 cm³/mol. The lowest BCUT2D eigenvalue weighted by atomic mass is 9.81. The minimum atomic E-state index is -0.0586. The molecule has 0 aliphatic heterocycles. The Labute approximate surface area is 124 Å². The number of hydrogen-bond acceptors (Lipinski definition) is 3. The minimum absolute atomic E-state index is 0.0416. The maximum atomic E-state index is 12.1. The van der Waals surface area contributed by atoms with Crippen LogP contribution >= 0.6 is 0 Å². The van der Waals surface area contributed by atoms with Gasteiger partial charge in [0, 0.05) is 18.3 Å². The van der Waals surface area contributed by atoms with Crippen LogP contribution in [0.5, 0.6) is 0 Å². The minimum Gasteiger partial charge on any atom is -0.461 e. The summed E-state index contributed by atoms with van der Waals surface area (Å²) < 4.78 is 5.43. The first kappa shape index (κ1) is 13.9. The lowest BCUT2D eigenvalue weighted by Gasteiger charge is -2.26.